The zero-order valence-electron chi connectivity index (χ0n) is 34.7. The van der Waals surface area contributed by atoms with Crippen LogP contribution in [0.5, 0.6) is 0 Å². The number of unbranched alkanes of at least 4 members (excludes halogenated alkanes) is 16. The molecule has 7 nitrogen and oxygen atoms in total. The van der Waals surface area contributed by atoms with Crippen molar-refractivity contribution in [1.29, 1.82) is 0 Å². The zero-order chi connectivity index (χ0) is 39.7. The van der Waals surface area contributed by atoms with E-state index < -0.39 is 30.2 Å². The Balaban J connectivity index is 1.48. The van der Waals surface area contributed by atoms with E-state index in [1.807, 2.05) is 54.6 Å². The molecule has 0 spiro atoms. The number of esters is 2. The quantitative estimate of drug-likeness (QED) is 0.0395. The number of hydrogen-bond acceptors (Lipinski definition) is 7. The molecule has 0 saturated carbocycles. The van der Waals surface area contributed by atoms with Gasteiger partial charge in [-0.25, -0.2) is 0 Å². The minimum absolute atomic E-state index is 0.0425. The standard InChI is InChI=1S/C49H70O7/c1-4-6-8-10-12-14-16-18-29-37-44(50)55-46-43(54-48(52-3)47(46)56-45(51)38-30-19-17-15-13-11-9-7-5-2)39-53-49(40-31-23-20-24-32-40,41-33-25-21-26-34-41)42-35-27-22-28-36-42/h20-28,31-36,43,46-48H,4-19,29-30,37-39H2,1-3H3/t43-,46-,47-,48-/m1/s1. The maximum Gasteiger partial charge on any atom is 0.306 e. The van der Waals surface area contributed by atoms with Gasteiger partial charge in [-0.3, -0.25) is 9.59 Å². The van der Waals surface area contributed by atoms with Crippen LogP contribution in [0.2, 0.25) is 0 Å². The van der Waals surface area contributed by atoms with Crippen LogP contribution in [0.4, 0.5) is 0 Å². The Kier molecular flexibility index (Phi) is 21.3. The van der Waals surface area contributed by atoms with Crippen LogP contribution in [0.25, 0.3) is 0 Å². The second-order valence-electron chi connectivity index (χ2n) is 15.4. The normalized spacial score (nSPS) is 18.2. The van der Waals surface area contributed by atoms with Crippen LogP contribution < -0.4 is 0 Å². The highest BCUT2D eigenvalue weighted by Gasteiger charge is 2.51. The van der Waals surface area contributed by atoms with Crippen LogP contribution in [0.3, 0.4) is 0 Å². The van der Waals surface area contributed by atoms with Gasteiger partial charge in [-0.1, -0.05) is 208 Å². The molecular formula is C49H70O7. The molecule has 7 heteroatoms. The highest BCUT2D eigenvalue weighted by Crippen LogP contribution is 2.41. The molecule has 0 amide bonds. The van der Waals surface area contributed by atoms with Crippen molar-refractivity contribution in [3.63, 3.8) is 0 Å². The topological polar surface area (TPSA) is 80.3 Å². The van der Waals surface area contributed by atoms with E-state index in [0.717, 1.165) is 55.2 Å². The highest BCUT2D eigenvalue weighted by molar-refractivity contribution is 5.71. The molecule has 3 aromatic rings. The van der Waals surface area contributed by atoms with Gasteiger partial charge in [0, 0.05) is 20.0 Å². The average molecular weight is 771 g/mol. The number of hydrogen-bond donors (Lipinski definition) is 0. The van der Waals surface area contributed by atoms with Gasteiger partial charge in [-0.15, -0.1) is 0 Å². The second-order valence-corrected chi connectivity index (χ2v) is 15.4. The van der Waals surface area contributed by atoms with E-state index in [2.05, 4.69) is 50.2 Å². The molecule has 4 rings (SSSR count). The fraction of sp³-hybridized carbons (Fsp3) is 0.592. The summed E-state index contributed by atoms with van der Waals surface area (Å²) in [6.07, 6.45) is 17.9. The van der Waals surface area contributed by atoms with E-state index in [1.54, 1.807) is 0 Å². The van der Waals surface area contributed by atoms with Gasteiger partial charge in [0.1, 0.15) is 11.7 Å². The molecule has 0 radical (unpaired) electrons. The molecule has 308 valence electrons. The van der Waals surface area contributed by atoms with Crippen LogP contribution >= 0.6 is 0 Å². The minimum atomic E-state index is -1.01. The van der Waals surface area contributed by atoms with Crippen molar-refractivity contribution < 1.29 is 33.3 Å². The summed E-state index contributed by atoms with van der Waals surface area (Å²) in [5.74, 6) is -0.666. The average Bonchev–Trinajstić information content (AvgIpc) is 3.55. The molecule has 1 aliphatic heterocycles. The van der Waals surface area contributed by atoms with Crippen LogP contribution in [0, 0.1) is 0 Å². The van der Waals surface area contributed by atoms with Gasteiger partial charge in [0.2, 0.25) is 0 Å². The van der Waals surface area contributed by atoms with Crippen molar-refractivity contribution in [2.24, 2.45) is 0 Å². The van der Waals surface area contributed by atoms with Gasteiger partial charge in [0.05, 0.1) is 6.61 Å². The van der Waals surface area contributed by atoms with E-state index in [9.17, 15) is 9.59 Å². The molecule has 1 saturated heterocycles. The lowest BCUT2D eigenvalue weighted by molar-refractivity contribution is -0.184. The largest absolute Gasteiger partial charge is 0.455 e. The minimum Gasteiger partial charge on any atom is -0.455 e. The Morgan fingerprint density at radius 3 is 1.25 bits per heavy atom. The predicted molar refractivity (Wildman–Crippen MR) is 224 cm³/mol. The van der Waals surface area contributed by atoms with Gasteiger partial charge < -0.3 is 23.7 Å². The lowest BCUT2D eigenvalue weighted by Crippen LogP contribution is -2.43. The number of ether oxygens (including phenoxy) is 5. The third-order valence-electron chi connectivity index (χ3n) is 11.0. The first-order chi connectivity index (χ1) is 27.5. The number of carbonyl (C=O) groups excluding carboxylic acids is 2. The fourth-order valence-electron chi connectivity index (χ4n) is 7.84. The number of methoxy groups -OCH3 is 1. The predicted octanol–water partition coefficient (Wildman–Crippen LogP) is 12.0. The molecule has 3 aromatic carbocycles. The van der Waals surface area contributed by atoms with E-state index in [4.69, 9.17) is 23.7 Å². The smallest absolute Gasteiger partial charge is 0.306 e. The number of benzene rings is 3. The third-order valence-corrected chi connectivity index (χ3v) is 11.0. The van der Waals surface area contributed by atoms with Gasteiger partial charge in [0.15, 0.2) is 18.5 Å². The van der Waals surface area contributed by atoms with Crippen LogP contribution in [0.1, 0.15) is 159 Å². The molecule has 0 aromatic heterocycles. The van der Waals surface area contributed by atoms with Gasteiger partial charge in [-0.2, -0.15) is 0 Å². The summed E-state index contributed by atoms with van der Waals surface area (Å²) in [6, 6.07) is 30.4. The third kappa shape index (κ3) is 14.5. The molecular weight excluding hydrogens is 701 g/mol. The molecule has 0 unspecified atom stereocenters. The first-order valence-electron chi connectivity index (χ1n) is 21.9. The van der Waals surface area contributed by atoms with Gasteiger partial charge in [0.25, 0.3) is 0 Å². The molecule has 4 atom stereocenters. The van der Waals surface area contributed by atoms with E-state index >= 15 is 0 Å². The Bertz CT molecular complexity index is 1370. The molecule has 1 aliphatic rings. The summed E-state index contributed by atoms with van der Waals surface area (Å²) >= 11 is 0. The highest BCUT2D eigenvalue weighted by atomic mass is 16.7. The molecule has 0 aliphatic carbocycles. The summed E-state index contributed by atoms with van der Waals surface area (Å²) in [4.78, 5) is 26.8. The lowest BCUT2D eigenvalue weighted by Gasteiger charge is -2.37. The van der Waals surface area contributed by atoms with Crippen LogP contribution in [-0.2, 0) is 38.9 Å². The molecule has 0 bridgehead atoms. The summed E-state index contributed by atoms with van der Waals surface area (Å²) in [5, 5.41) is 0. The van der Waals surface area contributed by atoms with Crippen molar-refractivity contribution >= 4 is 11.9 Å². The van der Waals surface area contributed by atoms with Crippen LogP contribution in [0.15, 0.2) is 91.0 Å². The molecule has 1 fully saturated rings. The Morgan fingerprint density at radius 2 is 0.875 bits per heavy atom. The molecule has 56 heavy (non-hydrogen) atoms. The van der Waals surface area contributed by atoms with E-state index in [0.29, 0.717) is 12.8 Å². The number of rotatable bonds is 29. The first-order valence-corrected chi connectivity index (χ1v) is 21.9. The maximum atomic E-state index is 13.5. The van der Waals surface area contributed by atoms with Crippen molar-refractivity contribution in [3.8, 4) is 0 Å². The van der Waals surface area contributed by atoms with Gasteiger partial charge >= 0.3 is 11.9 Å². The zero-order valence-corrected chi connectivity index (χ0v) is 34.7. The second kappa shape index (κ2) is 26.4. The van der Waals surface area contributed by atoms with Crippen molar-refractivity contribution in [2.45, 2.75) is 172 Å². The summed E-state index contributed by atoms with van der Waals surface area (Å²) in [5.41, 5.74) is 1.83. The van der Waals surface area contributed by atoms with Crippen molar-refractivity contribution in [1.82, 2.24) is 0 Å². The summed E-state index contributed by atoms with van der Waals surface area (Å²) in [6.45, 7) is 4.51. The Hall–Kier alpha value is -3.52. The maximum absolute atomic E-state index is 13.5. The number of carbonyl (C=O) groups is 2. The molecule has 1 heterocycles. The monoisotopic (exact) mass is 771 g/mol. The Labute approximate surface area is 338 Å². The lowest BCUT2D eigenvalue weighted by atomic mass is 9.80. The van der Waals surface area contributed by atoms with E-state index in [1.165, 1.54) is 84.2 Å². The Morgan fingerprint density at radius 1 is 0.518 bits per heavy atom. The van der Waals surface area contributed by atoms with Crippen molar-refractivity contribution in [2.75, 3.05) is 13.7 Å². The van der Waals surface area contributed by atoms with Gasteiger partial charge in [-0.05, 0) is 29.5 Å². The SMILES string of the molecule is CCCCCCCCCCCC(=O)O[C@H]1[C@H](OC)O[C@H](COC(c2ccccc2)(c2ccccc2)c2ccccc2)[C@H]1OC(=O)CCCCCCCCCCC. The van der Waals surface area contributed by atoms with E-state index in [-0.39, 0.29) is 18.5 Å². The summed E-state index contributed by atoms with van der Waals surface area (Å²) < 4.78 is 31.6. The first kappa shape index (κ1) is 45.2. The molecule has 0 N–H and O–H groups in total. The van der Waals surface area contributed by atoms with Crippen LogP contribution in [-0.4, -0.2) is 50.3 Å². The van der Waals surface area contributed by atoms with Crippen molar-refractivity contribution in [3.05, 3.63) is 108 Å². The summed E-state index contributed by atoms with van der Waals surface area (Å²) in [7, 11) is 1.53. The fourth-order valence-corrected chi connectivity index (χ4v) is 7.84.